The highest BCUT2D eigenvalue weighted by Crippen LogP contribution is 2.20. The van der Waals surface area contributed by atoms with E-state index in [1.54, 1.807) is 12.3 Å². The molecule has 0 aliphatic rings. The molecule has 0 amide bonds. The molecule has 0 aliphatic heterocycles. The third-order valence-electron chi connectivity index (χ3n) is 1.27. The van der Waals surface area contributed by atoms with Gasteiger partial charge in [0.1, 0.15) is 5.15 Å². The van der Waals surface area contributed by atoms with Crippen LogP contribution in [0.4, 0.5) is 0 Å². The van der Waals surface area contributed by atoms with Gasteiger partial charge in [-0.25, -0.2) is 4.98 Å². The minimum absolute atomic E-state index is 0.488. The van der Waals surface area contributed by atoms with Crippen LogP contribution >= 0.6 is 35.2 Å². The lowest BCUT2D eigenvalue weighted by Crippen LogP contribution is -1.72. The molecule has 0 saturated heterocycles. The first-order valence-corrected chi connectivity index (χ1v) is 4.50. The van der Waals surface area contributed by atoms with Crippen LogP contribution in [0.1, 0.15) is 0 Å². The fraction of sp³-hybridized carbons (Fsp3) is 0. The predicted molar refractivity (Wildman–Crippen MR) is 49.8 cm³/mol. The number of hydrogen-bond donors (Lipinski definition) is 1. The van der Waals surface area contributed by atoms with Gasteiger partial charge in [-0.1, -0.05) is 11.6 Å². The number of nitrogens with zero attached hydrogens (tertiary/aromatic N) is 1. The molecule has 0 aliphatic carbocycles. The van der Waals surface area contributed by atoms with Crippen molar-refractivity contribution in [3.8, 4) is 0 Å². The van der Waals surface area contributed by atoms with Crippen LogP contribution in [0.25, 0.3) is 10.2 Å². The van der Waals surface area contributed by atoms with Crippen LogP contribution in [0.5, 0.6) is 0 Å². The number of H-pyrrole nitrogens is 1. The van der Waals surface area contributed by atoms with E-state index in [9.17, 15) is 0 Å². The molecule has 2 rings (SSSR count). The number of rotatable bonds is 0. The van der Waals surface area contributed by atoms with Crippen LogP contribution in [-0.4, -0.2) is 9.97 Å². The van der Waals surface area contributed by atoms with Crippen molar-refractivity contribution < 1.29 is 0 Å². The SMILES string of the molecule is S=c1[nH]c2cc(Cl)ncc2s1. The van der Waals surface area contributed by atoms with Gasteiger partial charge < -0.3 is 4.98 Å². The van der Waals surface area contributed by atoms with Gasteiger partial charge in [-0.2, -0.15) is 0 Å². The summed E-state index contributed by atoms with van der Waals surface area (Å²) in [6.45, 7) is 0. The van der Waals surface area contributed by atoms with Crippen LogP contribution in [-0.2, 0) is 0 Å². The van der Waals surface area contributed by atoms with E-state index < -0.39 is 0 Å². The van der Waals surface area contributed by atoms with E-state index in [2.05, 4.69) is 9.97 Å². The summed E-state index contributed by atoms with van der Waals surface area (Å²) in [6, 6.07) is 1.77. The number of halogens is 1. The summed E-state index contributed by atoms with van der Waals surface area (Å²) in [4.78, 5) is 6.94. The third kappa shape index (κ3) is 1.29. The second-order valence-corrected chi connectivity index (χ2v) is 4.12. The maximum atomic E-state index is 5.67. The standard InChI is InChI=1S/C6H3ClN2S2/c7-5-1-3-4(2-8-5)11-6(10)9-3/h1-2H,(H,9,10). The minimum Gasteiger partial charge on any atom is -0.337 e. The largest absolute Gasteiger partial charge is 0.337 e. The normalized spacial score (nSPS) is 10.6. The van der Waals surface area contributed by atoms with Crippen LogP contribution in [0.2, 0.25) is 5.15 Å². The lowest BCUT2D eigenvalue weighted by molar-refractivity contribution is 1.35. The molecule has 2 nitrogen and oxygen atoms in total. The zero-order valence-corrected chi connectivity index (χ0v) is 7.69. The lowest BCUT2D eigenvalue weighted by atomic mass is 10.4. The zero-order valence-electron chi connectivity index (χ0n) is 5.30. The van der Waals surface area contributed by atoms with E-state index in [1.807, 2.05) is 0 Å². The van der Waals surface area contributed by atoms with E-state index in [-0.39, 0.29) is 0 Å². The van der Waals surface area contributed by atoms with E-state index in [1.165, 1.54) is 11.3 Å². The molecular formula is C6H3ClN2S2. The Balaban J connectivity index is 2.92. The molecule has 0 fully saturated rings. The van der Waals surface area contributed by atoms with Crippen molar-refractivity contribution in [2.75, 3.05) is 0 Å². The van der Waals surface area contributed by atoms with Gasteiger partial charge in [0.2, 0.25) is 0 Å². The number of hydrogen-bond acceptors (Lipinski definition) is 3. The Hall–Kier alpha value is -0.450. The zero-order chi connectivity index (χ0) is 7.84. The Morgan fingerprint density at radius 3 is 3.27 bits per heavy atom. The van der Waals surface area contributed by atoms with E-state index in [4.69, 9.17) is 23.8 Å². The Labute approximate surface area is 76.9 Å². The summed E-state index contributed by atoms with van der Waals surface area (Å²) in [5.74, 6) is 0. The van der Waals surface area contributed by atoms with Gasteiger partial charge in [-0.3, -0.25) is 0 Å². The smallest absolute Gasteiger partial charge is 0.159 e. The molecule has 1 N–H and O–H groups in total. The number of nitrogens with one attached hydrogen (secondary N) is 1. The highest BCUT2D eigenvalue weighted by atomic mass is 35.5. The molecule has 2 aromatic heterocycles. The average Bonchev–Trinajstić information content (AvgIpc) is 2.27. The number of thiazole rings is 1. The van der Waals surface area contributed by atoms with Crippen molar-refractivity contribution in [1.82, 2.24) is 9.97 Å². The number of aromatic nitrogens is 2. The van der Waals surface area contributed by atoms with E-state index in [0.717, 1.165) is 14.2 Å². The summed E-state index contributed by atoms with van der Waals surface area (Å²) in [6.07, 6.45) is 1.72. The van der Waals surface area contributed by atoms with E-state index >= 15 is 0 Å². The second-order valence-electron chi connectivity index (χ2n) is 2.02. The predicted octanol–water partition coefficient (Wildman–Crippen LogP) is 3.01. The Morgan fingerprint density at radius 2 is 2.45 bits per heavy atom. The first-order valence-electron chi connectivity index (χ1n) is 2.90. The third-order valence-corrected chi connectivity index (χ3v) is 2.66. The van der Waals surface area contributed by atoms with E-state index in [0.29, 0.717) is 5.15 Å². The van der Waals surface area contributed by atoms with Gasteiger partial charge in [0.25, 0.3) is 0 Å². The molecule has 56 valence electrons. The average molecular weight is 203 g/mol. The highest BCUT2D eigenvalue weighted by molar-refractivity contribution is 7.73. The molecule has 11 heavy (non-hydrogen) atoms. The van der Waals surface area contributed by atoms with Gasteiger partial charge in [0.05, 0.1) is 10.2 Å². The van der Waals surface area contributed by atoms with Gasteiger partial charge in [0.15, 0.2) is 3.95 Å². The maximum Gasteiger partial charge on any atom is 0.159 e. The number of aromatic amines is 1. The quantitative estimate of drug-likeness (QED) is 0.526. The van der Waals surface area contributed by atoms with Crippen LogP contribution < -0.4 is 0 Å². The van der Waals surface area contributed by atoms with Gasteiger partial charge in [-0.15, -0.1) is 11.3 Å². The van der Waals surface area contributed by atoms with Crippen LogP contribution in [0.3, 0.4) is 0 Å². The summed E-state index contributed by atoms with van der Waals surface area (Å²) in [7, 11) is 0. The van der Waals surface area contributed by atoms with Crippen molar-refractivity contribution in [2.24, 2.45) is 0 Å². The summed E-state index contributed by atoms with van der Waals surface area (Å²) < 4.78 is 1.79. The Bertz CT molecular complexity index is 445. The van der Waals surface area contributed by atoms with Crippen molar-refractivity contribution in [1.29, 1.82) is 0 Å². The Morgan fingerprint density at radius 1 is 1.64 bits per heavy atom. The lowest BCUT2D eigenvalue weighted by Gasteiger charge is -1.86. The molecule has 0 bridgehead atoms. The first kappa shape index (κ1) is 7.21. The van der Waals surface area contributed by atoms with Gasteiger partial charge in [-0.05, 0) is 12.2 Å². The fourth-order valence-electron chi connectivity index (χ4n) is 0.832. The highest BCUT2D eigenvalue weighted by Gasteiger charge is 1.97. The molecule has 0 aromatic carbocycles. The number of fused-ring (bicyclic) bond motifs is 1. The first-order chi connectivity index (χ1) is 5.25. The minimum atomic E-state index is 0.488. The fourth-order valence-corrected chi connectivity index (χ4v) is 2.05. The van der Waals surface area contributed by atoms with Crippen LogP contribution in [0.15, 0.2) is 12.3 Å². The van der Waals surface area contributed by atoms with Crippen molar-refractivity contribution >= 4 is 45.4 Å². The van der Waals surface area contributed by atoms with Crippen molar-refractivity contribution in [2.45, 2.75) is 0 Å². The molecular weight excluding hydrogens is 200 g/mol. The van der Waals surface area contributed by atoms with Crippen molar-refractivity contribution in [3.63, 3.8) is 0 Å². The molecule has 0 spiro atoms. The summed E-state index contributed by atoms with van der Waals surface area (Å²) >= 11 is 12.1. The topological polar surface area (TPSA) is 28.7 Å². The molecule has 2 aromatic rings. The monoisotopic (exact) mass is 202 g/mol. The van der Waals surface area contributed by atoms with Gasteiger partial charge in [0, 0.05) is 12.3 Å². The summed E-state index contributed by atoms with van der Waals surface area (Å²) in [5, 5.41) is 0.488. The molecule has 0 unspecified atom stereocenters. The Kier molecular flexibility index (Phi) is 1.67. The second kappa shape index (κ2) is 2.55. The number of pyridine rings is 1. The molecule has 0 saturated carbocycles. The maximum absolute atomic E-state index is 5.67. The van der Waals surface area contributed by atoms with Gasteiger partial charge >= 0.3 is 0 Å². The molecule has 5 heteroatoms. The van der Waals surface area contributed by atoms with Crippen LogP contribution in [0, 0.1) is 3.95 Å². The van der Waals surface area contributed by atoms with Crippen molar-refractivity contribution in [3.05, 3.63) is 21.4 Å². The molecule has 2 heterocycles. The summed E-state index contributed by atoms with van der Waals surface area (Å²) in [5.41, 5.74) is 0.958. The molecule has 0 radical (unpaired) electrons. The molecule has 0 atom stereocenters.